The second-order valence-corrected chi connectivity index (χ2v) is 6.51. The second-order valence-electron chi connectivity index (χ2n) is 6.51. The molecule has 0 heterocycles. The Morgan fingerprint density at radius 3 is 1.00 bits per heavy atom. The summed E-state index contributed by atoms with van der Waals surface area (Å²) in [5.74, 6) is -47.2. The van der Waals surface area contributed by atoms with E-state index in [-0.39, 0.29) is 6.08 Å². The average Bonchev–Trinajstić information content (AvgIpc) is 2.63. The van der Waals surface area contributed by atoms with Gasteiger partial charge in [0.25, 0.3) is 0 Å². The number of allylic oxidation sites excluding steroid dienone is 2. The Hall–Kier alpha value is -1.91. The van der Waals surface area contributed by atoms with Gasteiger partial charge in [-0.25, -0.2) is 4.39 Å². The number of alkyl halides is 22. The van der Waals surface area contributed by atoms with Crippen LogP contribution in [0.3, 0.4) is 0 Å². The number of hydrogen-bond acceptors (Lipinski definition) is 1. The van der Waals surface area contributed by atoms with Gasteiger partial charge in [0.15, 0.2) is 5.83 Å². The van der Waals surface area contributed by atoms with E-state index in [1.165, 1.54) is 0 Å². The molecule has 0 aromatic carbocycles. The molecule has 0 atom stereocenters. The molecule has 0 aromatic heterocycles. The molecule has 1 nitrogen and oxygen atoms in total. The largest absolute Gasteiger partial charge is 0.460 e. The summed E-state index contributed by atoms with van der Waals surface area (Å²) in [5, 5.41) is 0. The van der Waals surface area contributed by atoms with Crippen molar-refractivity contribution in [3.63, 3.8) is 0 Å². The van der Waals surface area contributed by atoms with E-state index in [4.69, 9.17) is 0 Å². The van der Waals surface area contributed by atoms with Crippen LogP contribution in [0.4, 0.5) is 101 Å². The van der Waals surface area contributed by atoms with Gasteiger partial charge >= 0.3 is 60.1 Å². The topological polar surface area (TPSA) is 9.23 Å². The van der Waals surface area contributed by atoms with Crippen molar-refractivity contribution in [1.82, 2.24) is 0 Å². The van der Waals surface area contributed by atoms with Crippen molar-refractivity contribution in [3.8, 4) is 0 Å². The molecule has 0 aliphatic rings. The maximum Gasteiger partial charge on any atom is 0.460 e. The van der Waals surface area contributed by atoms with Crippen molar-refractivity contribution in [1.29, 1.82) is 0 Å². The van der Waals surface area contributed by atoms with Crippen LogP contribution < -0.4 is 0 Å². The van der Waals surface area contributed by atoms with E-state index < -0.39 is 72.9 Å². The minimum absolute atomic E-state index is 0.153. The molecule has 0 aliphatic carbocycles. The van der Waals surface area contributed by atoms with Crippen LogP contribution in [0.2, 0.25) is 0 Å². The zero-order valence-electron chi connectivity index (χ0n) is 17.2. The fraction of sp³-hybridized carbons (Fsp3) is 0.857. The Labute approximate surface area is 193 Å². The lowest BCUT2D eigenvalue weighted by Gasteiger charge is -2.39. The molecular weight excluding hydrogens is 621 g/mol. The highest BCUT2D eigenvalue weighted by Crippen LogP contribution is 2.60. The summed E-state index contributed by atoms with van der Waals surface area (Å²) in [6, 6.07) is 0. The van der Waals surface area contributed by atoms with Gasteiger partial charge in [-0.15, -0.1) is 0 Å². The molecule has 24 heteroatoms. The number of ether oxygens (including phenoxy) is 1. The number of rotatable bonds is 8. The Bertz CT molecular complexity index is 823. The third-order valence-electron chi connectivity index (χ3n) is 3.52. The van der Waals surface area contributed by atoms with Crippen molar-refractivity contribution in [3.05, 3.63) is 11.9 Å². The third-order valence-corrected chi connectivity index (χ3v) is 3.52. The monoisotopic (exact) mass is 628 g/mol. The van der Waals surface area contributed by atoms with Gasteiger partial charge in [0.2, 0.25) is 0 Å². The normalized spacial score (nSPS) is 16.3. The highest BCUT2D eigenvalue weighted by atomic mass is 19.4. The molecule has 0 rings (SSSR count). The van der Waals surface area contributed by atoms with E-state index in [0.717, 1.165) is 0 Å². The van der Waals surface area contributed by atoms with Crippen LogP contribution in [0.25, 0.3) is 0 Å². The fourth-order valence-electron chi connectivity index (χ4n) is 1.55. The number of halogens is 23. The first kappa shape index (κ1) is 38.2. The number of hydrogen-bond donors (Lipinski definition) is 0. The highest BCUT2D eigenvalue weighted by molar-refractivity contribution is 5.11. The van der Waals surface area contributed by atoms with Gasteiger partial charge < -0.3 is 0 Å². The molecule has 0 aromatic rings. The van der Waals surface area contributed by atoms with E-state index in [1.807, 2.05) is 4.74 Å². The molecule has 0 spiro atoms. The van der Waals surface area contributed by atoms with Crippen molar-refractivity contribution in [2.24, 2.45) is 0 Å². The molecule has 0 aliphatic heterocycles. The van der Waals surface area contributed by atoms with Gasteiger partial charge in [-0.05, 0) is 13.0 Å². The van der Waals surface area contributed by atoms with Gasteiger partial charge in [-0.1, -0.05) is 0 Å². The smallest absolute Gasteiger partial charge is 0.250 e. The van der Waals surface area contributed by atoms with E-state index in [2.05, 4.69) is 0 Å². The van der Waals surface area contributed by atoms with E-state index in [0.29, 0.717) is 6.92 Å². The first-order valence-electron chi connectivity index (χ1n) is 8.12. The zero-order valence-corrected chi connectivity index (χ0v) is 17.2. The predicted molar refractivity (Wildman–Crippen MR) is 73.3 cm³/mol. The summed E-state index contributed by atoms with van der Waals surface area (Å²) >= 11 is 0. The van der Waals surface area contributed by atoms with Gasteiger partial charge in [-0.3, -0.25) is 4.74 Å². The Morgan fingerprint density at radius 1 is 0.474 bits per heavy atom. The Kier molecular flexibility index (Phi) is 10.3. The molecule has 0 saturated carbocycles. The van der Waals surface area contributed by atoms with E-state index >= 15 is 0 Å². The van der Waals surface area contributed by atoms with Gasteiger partial charge in [-0.2, -0.15) is 96.6 Å². The molecule has 38 heavy (non-hydrogen) atoms. The minimum Gasteiger partial charge on any atom is -0.250 e. The Balaban J connectivity index is 0. The van der Waals surface area contributed by atoms with E-state index in [9.17, 15) is 101 Å². The van der Waals surface area contributed by atoms with Gasteiger partial charge in [0, 0.05) is 6.92 Å². The van der Waals surface area contributed by atoms with Crippen LogP contribution >= 0.6 is 0 Å². The lowest BCUT2D eigenvalue weighted by Crippen LogP contribution is -2.70. The van der Waals surface area contributed by atoms with Crippen LogP contribution in [0.5, 0.6) is 0 Å². The SMILES string of the molecule is C/C=C(\F)C(F)(F)C(F)(F)C(F)(F)F.CC(F)(F)OC(F)(F)C(F)(F)C(F)(F)C(F)(F)C(F)(F)C(F)(F)F. The van der Waals surface area contributed by atoms with Gasteiger partial charge in [0.05, 0.1) is 0 Å². The predicted octanol–water partition coefficient (Wildman–Crippen LogP) is 9.00. The summed E-state index contributed by atoms with van der Waals surface area (Å²) in [7, 11) is 0. The first-order chi connectivity index (χ1) is 15.9. The van der Waals surface area contributed by atoms with Gasteiger partial charge in [0.1, 0.15) is 0 Å². The standard InChI is InChI=1S/C8H3F15O.C6H4F8/c1-2(9,10)24-8(22,23)6(17,18)4(13,14)3(11,12)5(15,16)7(19,20)21;1-2-3(7)4(8,9)5(10,11)6(12,13)14/h1H3;2H,1H3/b;3-2-. The quantitative estimate of drug-likeness (QED) is 0.244. The molecular formula is C14H7F23O. The van der Waals surface area contributed by atoms with E-state index in [1.54, 1.807) is 0 Å². The molecule has 0 N–H and O–H groups in total. The molecule has 0 unspecified atom stereocenters. The molecule has 0 amide bonds. The lowest BCUT2D eigenvalue weighted by molar-refractivity contribution is -0.490. The van der Waals surface area contributed by atoms with Crippen molar-refractivity contribution < 1.29 is 106 Å². The van der Waals surface area contributed by atoms with Crippen LogP contribution in [0.15, 0.2) is 11.9 Å². The summed E-state index contributed by atoms with van der Waals surface area (Å²) in [5.41, 5.74) is 0. The van der Waals surface area contributed by atoms with Crippen LogP contribution in [0.1, 0.15) is 13.8 Å². The Morgan fingerprint density at radius 2 is 0.763 bits per heavy atom. The summed E-state index contributed by atoms with van der Waals surface area (Å²) < 4.78 is 282. The molecule has 0 radical (unpaired) electrons. The lowest BCUT2D eigenvalue weighted by atomic mass is 9.97. The maximum absolute atomic E-state index is 12.8. The fourth-order valence-corrected chi connectivity index (χ4v) is 1.55. The van der Waals surface area contributed by atoms with Crippen LogP contribution in [-0.2, 0) is 4.74 Å². The maximum atomic E-state index is 12.8. The zero-order chi connectivity index (χ0) is 32.0. The summed E-state index contributed by atoms with van der Waals surface area (Å²) in [4.78, 5) is 0. The van der Waals surface area contributed by atoms with Crippen molar-refractivity contribution in [2.75, 3.05) is 0 Å². The molecule has 0 saturated heterocycles. The summed E-state index contributed by atoms with van der Waals surface area (Å²) in [6.07, 6.45) is -26.8. The van der Waals surface area contributed by atoms with Crippen LogP contribution in [-0.4, -0.2) is 60.1 Å². The second kappa shape index (κ2) is 10.2. The first-order valence-corrected chi connectivity index (χ1v) is 8.12. The van der Waals surface area contributed by atoms with Crippen LogP contribution in [0, 0.1) is 0 Å². The van der Waals surface area contributed by atoms with Crippen molar-refractivity contribution in [2.45, 2.75) is 74.0 Å². The summed E-state index contributed by atoms with van der Waals surface area (Å²) in [6.45, 7) is -0.173. The molecule has 0 fully saturated rings. The minimum atomic E-state index is -8.16. The molecule has 230 valence electrons. The van der Waals surface area contributed by atoms with Crippen molar-refractivity contribution >= 4 is 0 Å². The highest BCUT2D eigenvalue weighted by Gasteiger charge is 2.91. The third kappa shape index (κ3) is 6.62. The molecule has 0 bridgehead atoms. The average molecular weight is 628 g/mol.